The number of hydrogen-bond acceptors (Lipinski definition) is 3. The SMILES string of the molecule is N=C(N)c1cccc(OCc2ccc(OCc3ccccc3)cc2)c1. The second kappa shape index (κ2) is 8.02. The molecular weight excluding hydrogens is 312 g/mol. The number of nitrogens with one attached hydrogen (secondary N) is 1. The van der Waals surface area contributed by atoms with Gasteiger partial charge in [-0.15, -0.1) is 0 Å². The number of rotatable bonds is 7. The number of nitrogen functional groups attached to an aromatic ring is 1. The van der Waals surface area contributed by atoms with Crippen LogP contribution in [0.1, 0.15) is 16.7 Å². The smallest absolute Gasteiger partial charge is 0.122 e. The third-order valence-electron chi connectivity index (χ3n) is 3.72. The summed E-state index contributed by atoms with van der Waals surface area (Å²) in [6.45, 7) is 0.995. The highest BCUT2D eigenvalue weighted by Crippen LogP contribution is 2.18. The minimum Gasteiger partial charge on any atom is -0.489 e. The summed E-state index contributed by atoms with van der Waals surface area (Å²) in [4.78, 5) is 0. The van der Waals surface area contributed by atoms with Crippen LogP contribution in [-0.2, 0) is 13.2 Å². The summed E-state index contributed by atoms with van der Waals surface area (Å²) >= 11 is 0. The zero-order valence-electron chi connectivity index (χ0n) is 13.8. The first-order valence-electron chi connectivity index (χ1n) is 8.03. The van der Waals surface area contributed by atoms with Crippen molar-refractivity contribution >= 4 is 5.84 Å². The molecule has 0 bridgehead atoms. The second-order valence-electron chi connectivity index (χ2n) is 5.65. The molecule has 0 amide bonds. The van der Waals surface area contributed by atoms with Gasteiger partial charge in [0.05, 0.1) is 0 Å². The van der Waals surface area contributed by atoms with E-state index in [1.807, 2.05) is 66.7 Å². The van der Waals surface area contributed by atoms with Crippen LogP contribution in [0, 0.1) is 5.41 Å². The van der Waals surface area contributed by atoms with E-state index < -0.39 is 0 Å². The van der Waals surface area contributed by atoms with Crippen LogP contribution < -0.4 is 15.2 Å². The van der Waals surface area contributed by atoms with E-state index in [2.05, 4.69) is 0 Å². The third-order valence-corrected chi connectivity index (χ3v) is 3.72. The number of nitrogens with two attached hydrogens (primary N) is 1. The van der Waals surface area contributed by atoms with E-state index in [4.69, 9.17) is 20.6 Å². The van der Waals surface area contributed by atoms with Gasteiger partial charge in [-0.2, -0.15) is 0 Å². The number of ether oxygens (including phenoxy) is 2. The van der Waals surface area contributed by atoms with E-state index in [0.717, 1.165) is 16.9 Å². The monoisotopic (exact) mass is 332 g/mol. The van der Waals surface area contributed by atoms with Crippen LogP contribution >= 0.6 is 0 Å². The maximum atomic E-state index is 7.46. The van der Waals surface area contributed by atoms with Crippen molar-refractivity contribution in [2.45, 2.75) is 13.2 Å². The Morgan fingerprint density at radius 3 is 2.04 bits per heavy atom. The van der Waals surface area contributed by atoms with Crippen LogP contribution in [-0.4, -0.2) is 5.84 Å². The first-order valence-corrected chi connectivity index (χ1v) is 8.03. The summed E-state index contributed by atoms with van der Waals surface area (Å²) in [6.07, 6.45) is 0. The lowest BCUT2D eigenvalue weighted by Crippen LogP contribution is -2.10. The van der Waals surface area contributed by atoms with Gasteiger partial charge in [0.25, 0.3) is 0 Å². The molecule has 4 nitrogen and oxygen atoms in total. The molecule has 0 aliphatic heterocycles. The Balaban J connectivity index is 1.54. The number of hydrogen-bond donors (Lipinski definition) is 2. The molecule has 0 spiro atoms. The second-order valence-corrected chi connectivity index (χ2v) is 5.65. The number of amidine groups is 1. The van der Waals surface area contributed by atoms with Crippen molar-refractivity contribution in [3.8, 4) is 11.5 Å². The van der Waals surface area contributed by atoms with Gasteiger partial charge in [-0.25, -0.2) is 0 Å². The Bertz CT molecular complexity index is 830. The van der Waals surface area contributed by atoms with Gasteiger partial charge in [-0.05, 0) is 35.4 Å². The Kier molecular flexibility index (Phi) is 5.32. The average Bonchev–Trinajstić information content (AvgIpc) is 2.66. The van der Waals surface area contributed by atoms with Crippen LogP contribution in [0.3, 0.4) is 0 Å². The minimum atomic E-state index is 0.0327. The lowest BCUT2D eigenvalue weighted by Gasteiger charge is -2.09. The third kappa shape index (κ3) is 4.85. The summed E-state index contributed by atoms with van der Waals surface area (Å²) in [7, 11) is 0. The lowest BCUT2D eigenvalue weighted by atomic mass is 10.2. The van der Waals surface area contributed by atoms with Crippen molar-refractivity contribution < 1.29 is 9.47 Å². The Labute approximate surface area is 147 Å². The molecule has 0 heterocycles. The summed E-state index contributed by atoms with van der Waals surface area (Å²) in [6, 6.07) is 25.1. The molecule has 0 aliphatic carbocycles. The summed E-state index contributed by atoms with van der Waals surface area (Å²) < 4.78 is 11.5. The molecule has 0 atom stereocenters. The lowest BCUT2D eigenvalue weighted by molar-refractivity contribution is 0.301. The average molecular weight is 332 g/mol. The van der Waals surface area contributed by atoms with Crippen molar-refractivity contribution in [1.82, 2.24) is 0 Å². The topological polar surface area (TPSA) is 68.3 Å². The van der Waals surface area contributed by atoms with Crippen molar-refractivity contribution in [2.24, 2.45) is 5.73 Å². The molecule has 0 saturated heterocycles. The molecule has 3 aromatic rings. The summed E-state index contributed by atoms with van der Waals surface area (Å²) in [5, 5.41) is 7.46. The summed E-state index contributed by atoms with van der Waals surface area (Å²) in [5.41, 5.74) is 8.33. The zero-order chi connectivity index (χ0) is 17.5. The first kappa shape index (κ1) is 16.6. The van der Waals surface area contributed by atoms with Crippen LogP contribution in [0.15, 0.2) is 78.9 Å². The van der Waals surface area contributed by atoms with E-state index in [1.165, 1.54) is 0 Å². The zero-order valence-corrected chi connectivity index (χ0v) is 13.8. The molecule has 4 heteroatoms. The maximum Gasteiger partial charge on any atom is 0.122 e. The van der Waals surface area contributed by atoms with Gasteiger partial charge in [-0.3, -0.25) is 5.41 Å². The fourth-order valence-electron chi connectivity index (χ4n) is 2.34. The molecule has 0 fully saturated rings. The van der Waals surface area contributed by atoms with Crippen LogP contribution in [0.4, 0.5) is 0 Å². The highest BCUT2D eigenvalue weighted by Gasteiger charge is 2.01. The largest absolute Gasteiger partial charge is 0.489 e. The van der Waals surface area contributed by atoms with Gasteiger partial charge in [0.1, 0.15) is 30.5 Å². The molecule has 126 valence electrons. The van der Waals surface area contributed by atoms with E-state index in [1.54, 1.807) is 12.1 Å². The molecule has 3 aromatic carbocycles. The van der Waals surface area contributed by atoms with Crippen molar-refractivity contribution in [3.05, 3.63) is 95.6 Å². The van der Waals surface area contributed by atoms with Crippen molar-refractivity contribution in [2.75, 3.05) is 0 Å². The highest BCUT2D eigenvalue weighted by molar-refractivity contribution is 5.95. The first-order chi connectivity index (χ1) is 12.2. The normalized spacial score (nSPS) is 10.2. The molecule has 3 N–H and O–H groups in total. The molecule has 25 heavy (non-hydrogen) atoms. The molecule has 0 aliphatic rings. The van der Waals surface area contributed by atoms with Gasteiger partial charge in [-0.1, -0.05) is 54.6 Å². The Morgan fingerprint density at radius 2 is 1.36 bits per heavy atom. The van der Waals surface area contributed by atoms with E-state index in [0.29, 0.717) is 24.5 Å². The number of benzene rings is 3. The fraction of sp³-hybridized carbons (Fsp3) is 0.0952. The minimum absolute atomic E-state index is 0.0327. The Morgan fingerprint density at radius 1 is 0.720 bits per heavy atom. The maximum absolute atomic E-state index is 7.46. The quantitative estimate of drug-likeness (QED) is 0.505. The highest BCUT2D eigenvalue weighted by atomic mass is 16.5. The standard InChI is InChI=1S/C21H20N2O2/c22-21(23)18-7-4-8-20(13-18)25-15-17-9-11-19(12-10-17)24-14-16-5-2-1-3-6-16/h1-13H,14-15H2,(H3,22,23). The van der Waals surface area contributed by atoms with Crippen molar-refractivity contribution in [1.29, 1.82) is 5.41 Å². The molecular formula is C21H20N2O2. The molecule has 0 radical (unpaired) electrons. The van der Waals surface area contributed by atoms with Crippen molar-refractivity contribution in [3.63, 3.8) is 0 Å². The molecule has 0 saturated carbocycles. The van der Waals surface area contributed by atoms with E-state index >= 15 is 0 Å². The van der Waals surface area contributed by atoms with Gasteiger partial charge in [0.15, 0.2) is 0 Å². The van der Waals surface area contributed by atoms with Crippen LogP contribution in [0.2, 0.25) is 0 Å². The molecule has 3 rings (SSSR count). The molecule has 0 unspecified atom stereocenters. The van der Waals surface area contributed by atoms with E-state index in [-0.39, 0.29) is 5.84 Å². The van der Waals surface area contributed by atoms with Gasteiger partial charge >= 0.3 is 0 Å². The van der Waals surface area contributed by atoms with Crippen LogP contribution in [0.5, 0.6) is 11.5 Å². The Hall–Kier alpha value is -3.27. The fourth-order valence-corrected chi connectivity index (χ4v) is 2.34. The predicted octanol–water partition coefficient (Wildman–Crippen LogP) is 4.13. The van der Waals surface area contributed by atoms with Crippen LogP contribution in [0.25, 0.3) is 0 Å². The van der Waals surface area contributed by atoms with Gasteiger partial charge in [0, 0.05) is 5.56 Å². The summed E-state index contributed by atoms with van der Waals surface area (Å²) in [5.74, 6) is 1.55. The van der Waals surface area contributed by atoms with Gasteiger partial charge < -0.3 is 15.2 Å². The van der Waals surface area contributed by atoms with Gasteiger partial charge in [0.2, 0.25) is 0 Å². The van der Waals surface area contributed by atoms with E-state index in [9.17, 15) is 0 Å². The molecule has 0 aromatic heterocycles. The predicted molar refractivity (Wildman–Crippen MR) is 99.0 cm³/mol.